The molecule has 1 heteroatoms. The summed E-state index contributed by atoms with van der Waals surface area (Å²) in [6.45, 7) is 8.05. The van der Waals surface area contributed by atoms with E-state index in [9.17, 15) is 4.79 Å². The third-order valence-electron chi connectivity index (χ3n) is 1.87. The van der Waals surface area contributed by atoms with Gasteiger partial charge in [0.2, 0.25) is 0 Å². The highest BCUT2D eigenvalue weighted by Crippen LogP contribution is 2.11. The summed E-state index contributed by atoms with van der Waals surface area (Å²) in [5.74, 6) is 1.31. The minimum Gasteiger partial charge on any atom is -0.300 e. The van der Waals surface area contributed by atoms with Crippen molar-refractivity contribution in [1.82, 2.24) is 0 Å². The van der Waals surface area contributed by atoms with E-state index in [1.807, 2.05) is 6.92 Å². The third kappa shape index (κ3) is 4.54. The molecule has 0 saturated carbocycles. The van der Waals surface area contributed by atoms with Crippen LogP contribution in [0.1, 0.15) is 40.5 Å². The second-order valence-electron chi connectivity index (χ2n) is 3.48. The number of carbonyl (C=O) groups excluding carboxylic acids is 1. The first-order valence-corrected chi connectivity index (χ1v) is 4.04. The van der Waals surface area contributed by atoms with Crippen molar-refractivity contribution in [2.45, 2.75) is 40.5 Å². The normalized spacial score (nSPS) is 13.7. The van der Waals surface area contributed by atoms with Gasteiger partial charge in [0.05, 0.1) is 0 Å². The molecular formula is C9H18O. The lowest BCUT2D eigenvalue weighted by Gasteiger charge is -2.08. The maximum atomic E-state index is 10.8. The quantitative estimate of drug-likeness (QED) is 0.589. The molecule has 0 rings (SSSR count). The largest absolute Gasteiger partial charge is 0.300 e. The SMILES string of the molecule is CC(=O)[C@H](C)CCC(C)C. The average Bonchev–Trinajstić information content (AvgIpc) is 1.82. The zero-order valence-electron chi connectivity index (χ0n) is 7.48. The maximum absolute atomic E-state index is 10.8. The Balaban J connectivity index is 3.40. The molecule has 0 aromatic rings. The highest BCUT2D eigenvalue weighted by Gasteiger charge is 2.07. The minimum absolute atomic E-state index is 0.266. The van der Waals surface area contributed by atoms with Gasteiger partial charge in [-0.15, -0.1) is 0 Å². The van der Waals surface area contributed by atoms with Crippen molar-refractivity contribution in [3.63, 3.8) is 0 Å². The van der Waals surface area contributed by atoms with E-state index >= 15 is 0 Å². The van der Waals surface area contributed by atoms with Crippen LogP contribution in [0.15, 0.2) is 0 Å². The fourth-order valence-electron chi connectivity index (χ4n) is 0.787. The molecule has 0 radical (unpaired) electrons. The molecule has 10 heavy (non-hydrogen) atoms. The molecule has 0 aliphatic rings. The van der Waals surface area contributed by atoms with Crippen LogP contribution >= 0.6 is 0 Å². The summed E-state index contributed by atoms with van der Waals surface area (Å²) < 4.78 is 0. The second kappa shape index (κ2) is 4.48. The molecule has 0 N–H and O–H groups in total. The van der Waals surface area contributed by atoms with E-state index in [1.165, 1.54) is 6.42 Å². The van der Waals surface area contributed by atoms with Crippen molar-refractivity contribution in [3.05, 3.63) is 0 Å². The van der Waals surface area contributed by atoms with Crippen LogP contribution in [-0.2, 0) is 4.79 Å². The Labute approximate surface area is 63.8 Å². The van der Waals surface area contributed by atoms with Crippen LogP contribution < -0.4 is 0 Å². The van der Waals surface area contributed by atoms with Crippen LogP contribution in [0.2, 0.25) is 0 Å². The summed E-state index contributed by atoms with van der Waals surface area (Å²) in [7, 11) is 0. The molecule has 0 saturated heterocycles. The highest BCUT2D eigenvalue weighted by atomic mass is 16.1. The maximum Gasteiger partial charge on any atom is 0.132 e. The molecule has 0 aromatic carbocycles. The van der Waals surface area contributed by atoms with Gasteiger partial charge in [-0.05, 0) is 19.3 Å². The van der Waals surface area contributed by atoms with Crippen LogP contribution in [-0.4, -0.2) is 5.78 Å². The molecule has 0 aliphatic carbocycles. The number of hydrogen-bond acceptors (Lipinski definition) is 1. The average molecular weight is 142 g/mol. The predicted octanol–water partition coefficient (Wildman–Crippen LogP) is 2.65. The van der Waals surface area contributed by atoms with Crippen LogP contribution in [0.25, 0.3) is 0 Å². The van der Waals surface area contributed by atoms with Crippen LogP contribution in [0.4, 0.5) is 0 Å². The Hall–Kier alpha value is -0.330. The van der Waals surface area contributed by atoms with Gasteiger partial charge in [0.25, 0.3) is 0 Å². The first-order valence-electron chi connectivity index (χ1n) is 4.04. The smallest absolute Gasteiger partial charge is 0.132 e. The molecule has 0 aromatic heterocycles. The minimum atomic E-state index is 0.266. The van der Waals surface area contributed by atoms with Crippen molar-refractivity contribution in [2.24, 2.45) is 11.8 Å². The molecule has 0 fully saturated rings. The third-order valence-corrected chi connectivity index (χ3v) is 1.87. The molecule has 0 spiro atoms. The van der Waals surface area contributed by atoms with E-state index in [0.29, 0.717) is 5.78 Å². The molecule has 0 bridgehead atoms. The monoisotopic (exact) mass is 142 g/mol. The molecule has 60 valence electrons. The fourth-order valence-corrected chi connectivity index (χ4v) is 0.787. The van der Waals surface area contributed by atoms with Gasteiger partial charge < -0.3 is 0 Å². The summed E-state index contributed by atoms with van der Waals surface area (Å²) in [5.41, 5.74) is 0. The van der Waals surface area contributed by atoms with Gasteiger partial charge in [-0.25, -0.2) is 0 Å². The zero-order valence-corrected chi connectivity index (χ0v) is 7.48. The van der Waals surface area contributed by atoms with Gasteiger partial charge in [0, 0.05) is 5.92 Å². The molecule has 1 atom stereocenters. The Morgan fingerprint density at radius 2 is 1.70 bits per heavy atom. The van der Waals surface area contributed by atoms with E-state index < -0.39 is 0 Å². The van der Waals surface area contributed by atoms with E-state index in [-0.39, 0.29) is 5.92 Å². The number of ketones is 1. The van der Waals surface area contributed by atoms with E-state index in [1.54, 1.807) is 6.92 Å². The Kier molecular flexibility index (Phi) is 4.33. The Morgan fingerprint density at radius 1 is 1.20 bits per heavy atom. The van der Waals surface area contributed by atoms with Gasteiger partial charge in [-0.3, -0.25) is 4.79 Å². The summed E-state index contributed by atoms with van der Waals surface area (Å²) in [4.78, 5) is 10.8. The molecular weight excluding hydrogens is 124 g/mol. The standard InChI is InChI=1S/C9H18O/c1-7(2)5-6-8(3)9(4)10/h7-8H,5-6H2,1-4H3/t8-/m1/s1. The van der Waals surface area contributed by atoms with Gasteiger partial charge in [-0.1, -0.05) is 27.2 Å². The van der Waals surface area contributed by atoms with Crippen LogP contribution in [0.5, 0.6) is 0 Å². The summed E-state index contributed by atoms with van der Waals surface area (Å²) in [6, 6.07) is 0. The number of hydrogen-bond donors (Lipinski definition) is 0. The van der Waals surface area contributed by atoms with Crippen LogP contribution in [0.3, 0.4) is 0 Å². The van der Waals surface area contributed by atoms with Crippen molar-refractivity contribution in [3.8, 4) is 0 Å². The summed E-state index contributed by atoms with van der Waals surface area (Å²) in [6.07, 6.45) is 2.22. The first-order chi connectivity index (χ1) is 4.54. The highest BCUT2D eigenvalue weighted by molar-refractivity contribution is 5.77. The number of rotatable bonds is 4. The molecule has 0 aliphatic heterocycles. The van der Waals surface area contributed by atoms with E-state index in [0.717, 1.165) is 12.3 Å². The van der Waals surface area contributed by atoms with Gasteiger partial charge >= 0.3 is 0 Å². The van der Waals surface area contributed by atoms with Crippen molar-refractivity contribution >= 4 is 5.78 Å². The zero-order chi connectivity index (χ0) is 8.15. The molecule has 1 nitrogen and oxygen atoms in total. The molecule has 0 unspecified atom stereocenters. The Bertz CT molecular complexity index is 105. The van der Waals surface area contributed by atoms with E-state index in [4.69, 9.17) is 0 Å². The van der Waals surface area contributed by atoms with Crippen molar-refractivity contribution < 1.29 is 4.79 Å². The number of carbonyl (C=O) groups is 1. The Morgan fingerprint density at radius 3 is 2.00 bits per heavy atom. The molecule has 0 heterocycles. The fraction of sp³-hybridized carbons (Fsp3) is 0.889. The summed E-state index contributed by atoms with van der Waals surface area (Å²) >= 11 is 0. The van der Waals surface area contributed by atoms with Gasteiger partial charge in [-0.2, -0.15) is 0 Å². The van der Waals surface area contributed by atoms with E-state index in [2.05, 4.69) is 13.8 Å². The lowest BCUT2D eigenvalue weighted by atomic mass is 9.97. The molecule has 0 amide bonds. The van der Waals surface area contributed by atoms with Crippen molar-refractivity contribution in [1.29, 1.82) is 0 Å². The first kappa shape index (κ1) is 9.67. The lowest BCUT2D eigenvalue weighted by molar-refractivity contribution is -0.120. The lowest BCUT2D eigenvalue weighted by Crippen LogP contribution is -2.06. The predicted molar refractivity (Wildman–Crippen MR) is 43.9 cm³/mol. The second-order valence-corrected chi connectivity index (χ2v) is 3.48. The van der Waals surface area contributed by atoms with Gasteiger partial charge in [0.1, 0.15) is 5.78 Å². The van der Waals surface area contributed by atoms with Crippen molar-refractivity contribution in [2.75, 3.05) is 0 Å². The topological polar surface area (TPSA) is 17.1 Å². The number of Topliss-reactive ketones (excluding diaryl/α,β-unsaturated/α-hetero) is 1. The van der Waals surface area contributed by atoms with Crippen LogP contribution in [0, 0.1) is 11.8 Å². The summed E-state index contributed by atoms with van der Waals surface area (Å²) in [5, 5.41) is 0. The van der Waals surface area contributed by atoms with Gasteiger partial charge in [0.15, 0.2) is 0 Å².